The van der Waals surface area contributed by atoms with Crippen LogP contribution in [0.2, 0.25) is 0 Å². The maximum Gasteiger partial charge on any atom is 0.314 e. The molecule has 2 aliphatic carbocycles. The Morgan fingerprint density at radius 2 is 1.47 bits per heavy atom. The van der Waals surface area contributed by atoms with Crippen molar-refractivity contribution < 1.29 is 13.9 Å². The van der Waals surface area contributed by atoms with Crippen LogP contribution in [0, 0.1) is 35.4 Å². The molecule has 1 unspecified atom stereocenters. The van der Waals surface area contributed by atoms with Crippen molar-refractivity contribution in [1.82, 2.24) is 0 Å². The minimum Gasteiger partial charge on any atom is -0.423 e. The molecule has 0 saturated heterocycles. The number of benzene rings is 1. The molecule has 0 aromatic heterocycles. The van der Waals surface area contributed by atoms with Crippen molar-refractivity contribution in [1.29, 1.82) is 0 Å². The molecule has 1 aromatic rings. The van der Waals surface area contributed by atoms with Crippen molar-refractivity contribution >= 4 is 5.97 Å². The second kappa shape index (κ2) is 12.5. The van der Waals surface area contributed by atoms with E-state index in [0.717, 1.165) is 54.6 Å². The van der Waals surface area contributed by atoms with Gasteiger partial charge in [-0.3, -0.25) is 4.79 Å². The number of ether oxygens (including phenoxy) is 1. The smallest absolute Gasteiger partial charge is 0.314 e. The van der Waals surface area contributed by atoms with Gasteiger partial charge in [-0.25, -0.2) is 4.39 Å². The Morgan fingerprint density at radius 1 is 0.824 bits per heavy atom. The van der Waals surface area contributed by atoms with Crippen molar-refractivity contribution in [3.8, 4) is 5.75 Å². The van der Waals surface area contributed by atoms with Crippen LogP contribution in [-0.4, -0.2) is 5.97 Å². The lowest BCUT2D eigenvalue weighted by Gasteiger charge is -2.38. The number of halogens is 1. The number of carbonyl (C=O) groups is 1. The molecule has 0 spiro atoms. The summed E-state index contributed by atoms with van der Waals surface area (Å²) in [7, 11) is 0. The van der Waals surface area contributed by atoms with Crippen molar-refractivity contribution in [3.05, 3.63) is 29.1 Å². The van der Waals surface area contributed by atoms with Crippen LogP contribution < -0.4 is 4.74 Å². The van der Waals surface area contributed by atoms with E-state index >= 15 is 4.39 Å². The Labute approximate surface area is 207 Å². The summed E-state index contributed by atoms with van der Waals surface area (Å²) in [4.78, 5) is 12.3. The predicted molar refractivity (Wildman–Crippen MR) is 137 cm³/mol. The van der Waals surface area contributed by atoms with Crippen LogP contribution in [0.15, 0.2) is 12.1 Å². The van der Waals surface area contributed by atoms with E-state index in [4.69, 9.17) is 4.74 Å². The summed E-state index contributed by atoms with van der Waals surface area (Å²) in [6, 6.07) is 3.94. The zero-order valence-corrected chi connectivity index (χ0v) is 21.8. The van der Waals surface area contributed by atoms with Gasteiger partial charge in [-0.05, 0) is 86.2 Å². The largest absolute Gasteiger partial charge is 0.423 e. The monoisotopic (exact) mass is 470 g/mol. The molecule has 34 heavy (non-hydrogen) atoms. The third-order valence-corrected chi connectivity index (χ3v) is 9.39. The minimum absolute atomic E-state index is 0.117. The van der Waals surface area contributed by atoms with E-state index in [2.05, 4.69) is 13.8 Å². The number of carbonyl (C=O) groups excluding carboxylic acids is 1. The molecule has 2 nitrogen and oxygen atoms in total. The summed E-state index contributed by atoms with van der Waals surface area (Å²) in [5.74, 6) is 3.18. The lowest BCUT2D eigenvalue weighted by molar-refractivity contribution is -0.140. The van der Waals surface area contributed by atoms with Gasteiger partial charge in [0.15, 0.2) is 11.6 Å². The normalized spacial score (nSPS) is 29.5. The first-order chi connectivity index (χ1) is 16.6. The van der Waals surface area contributed by atoms with Crippen LogP contribution in [0.1, 0.15) is 121 Å². The second-order valence-electron chi connectivity index (χ2n) is 11.7. The molecule has 190 valence electrons. The SMILES string of the molecule is CCCCCC1CCC(C2CCC(CCc3ccc4c(c3F)OC(=O)C(CCC)C4)CC2)CC1. The quantitative estimate of drug-likeness (QED) is 0.194. The van der Waals surface area contributed by atoms with Gasteiger partial charge in [0.05, 0.1) is 5.92 Å². The van der Waals surface area contributed by atoms with Crippen LogP contribution in [0.4, 0.5) is 4.39 Å². The highest BCUT2D eigenvalue weighted by Gasteiger charge is 2.32. The first-order valence-corrected chi connectivity index (χ1v) is 14.6. The minimum atomic E-state index is -0.287. The fourth-order valence-electron chi connectivity index (χ4n) is 7.14. The maximum atomic E-state index is 15.2. The predicted octanol–water partition coefficient (Wildman–Crippen LogP) is 8.83. The van der Waals surface area contributed by atoms with E-state index < -0.39 is 0 Å². The van der Waals surface area contributed by atoms with Gasteiger partial charge in [0.1, 0.15) is 0 Å². The molecule has 3 heteroatoms. The molecule has 4 rings (SSSR count). The molecule has 0 N–H and O–H groups in total. The van der Waals surface area contributed by atoms with Crippen molar-refractivity contribution in [2.75, 3.05) is 0 Å². The van der Waals surface area contributed by atoms with Crippen LogP contribution in [0.3, 0.4) is 0 Å². The van der Waals surface area contributed by atoms with Crippen LogP contribution in [-0.2, 0) is 17.6 Å². The second-order valence-corrected chi connectivity index (χ2v) is 11.7. The van der Waals surface area contributed by atoms with E-state index in [0.29, 0.717) is 12.3 Å². The zero-order chi connectivity index (χ0) is 23.9. The topological polar surface area (TPSA) is 26.3 Å². The van der Waals surface area contributed by atoms with Gasteiger partial charge in [-0.2, -0.15) is 0 Å². The van der Waals surface area contributed by atoms with E-state index in [-0.39, 0.29) is 23.5 Å². The standard InChI is InChI=1S/C31H47FO2/c1-3-5-6-8-22-9-14-24(15-10-22)25-16-11-23(12-17-25)13-18-26-19-20-27-21-28(7-4-2)31(33)34-30(27)29(26)32/h19-20,22-25,28H,3-18,21H2,1-2H3. The highest BCUT2D eigenvalue weighted by molar-refractivity contribution is 5.78. The van der Waals surface area contributed by atoms with Gasteiger partial charge >= 0.3 is 5.97 Å². The Hall–Kier alpha value is -1.38. The van der Waals surface area contributed by atoms with Crippen molar-refractivity contribution in [3.63, 3.8) is 0 Å². The summed E-state index contributed by atoms with van der Waals surface area (Å²) in [5.41, 5.74) is 1.59. The van der Waals surface area contributed by atoms with Gasteiger partial charge in [-0.1, -0.05) is 83.8 Å². The highest BCUT2D eigenvalue weighted by atomic mass is 19.1. The molecular formula is C31H47FO2. The number of esters is 1. The summed E-state index contributed by atoms with van der Waals surface area (Å²) >= 11 is 0. The van der Waals surface area contributed by atoms with Gasteiger partial charge in [0, 0.05) is 0 Å². The van der Waals surface area contributed by atoms with Gasteiger partial charge < -0.3 is 4.74 Å². The van der Waals surface area contributed by atoms with E-state index in [1.807, 2.05) is 12.1 Å². The van der Waals surface area contributed by atoms with E-state index in [1.165, 1.54) is 77.0 Å². The molecule has 1 aliphatic heterocycles. The molecule has 0 amide bonds. The number of fused-ring (bicyclic) bond motifs is 1. The number of rotatable bonds is 10. The first-order valence-electron chi connectivity index (χ1n) is 14.6. The number of hydrogen-bond acceptors (Lipinski definition) is 2. The molecule has 2 saturated carbocycles. The summed E-state index contributed by atoms with van der Waals surface area (Å²) in [5, 5.41) is 0. The Kier molecular flexibility index (Phi) is 9.48. The zero-order valence-electron chi connectivity index (χ0n) is 21.8. The number of unbranched alkanes of at least 4 members (excludes halogenated alkanes) is 2. The van der Waals surface area contributed by atoms with Gasteiger partial charge in [0.25, 0.3) is 0 Å². The lowest BCUT2D eigenvalue weighted by Crippen LogP contribution is -2.28. The molecule has 2 fully saturated rings. The molecule has 0 radical (unpaired) electrons. The lowest BCUT2D eigenvalue weighted by atomic mass is 9.68. The van der Waals surface area contributed by atoms with Crippen molar-refractivity contribution in [2.45, 2.75) is 123 Å². The molecule has 1 heterocycles. The number of aryl methyl sites for hydroxylation is 1. The van der Waals surface area contributed by atoms with Crippen LogP contribution in [0.5, 0.6) is 5.75 Å². The number of hydrogen-bond donors (Lipinski definition) is 0. The first kappa shape index (κ1) is 25.7. The maximum absolute atomic E-state index is 15.2. The van der Waals surface area contributed by atoms with E-state index in [9.17, 15) is 4.79 Å². The molecule has 3 aliphatic rings. The highest BCUT2D eigenvalue weighted by Crippen LogP contribution is 2.43. The molecule has 1 atom stereocenters. The molecular weight excluding hydrogens is 423 g/mol. The average Bonchev–Trinajstić information content (AvgIpc) is 2.86. The van der Waals surface area contributed by atoms with Crippen LogP contribution in [0.25, 0.3) is 0 Å². The average molecular weight is 471 g/mol. The summed E-state index contributed by atoms with van der Waals surface area (Å²) in [6.07, 6.45) is 21.0. The molecule has 1 aromatic carbocycles. The fourth-order valence-corrected chi connectivity index (χ4v) is 7.14. The summed E-state index contributed by atoms with van der Waals surface area (Å²) < 4.78 is 20.6. The third kappa shape index (κ3) is 6.43. The van der Waals surface area contributed by atoms with Gasteiger partial charge in [-0.15, -0.1) is 0 Å². The van der Waals surface area contributed by atoms with Crippen molar-refractivity contribution in [2.24, 2.45) is 29.6 Å². The Morgan fingerprint density at radius 3 is 2.09 bits per heavy atom. The van der Waals surface area contributed by atoms with Crippen LogP contribution >= 0.6 is 0 Å². The Bertz CT molecular complexity index is 787. The van der Waals surface area contributed by atoms with E-state index in [1.54, 1.807) is 0 Å². The Balaban J connectivity index is 1.21. The summed E-state index contributed by atoms with van der Waals surface area (Å²) in [6.45, 7) is 4.37. The fraction of sp³-hybridized carbons (Fsp3) is 0.774. The third-order valence-electron chi connectivity index (χ3n) is 9.39. The molecule has 0 bridgehead atoms. The van der Waals surface area contributed by atoms with Gasteiger partial charge in [0.2, 0.25) is 0 Å².